The van der Waals surface area contributed by atoms with E-state index < -0.39 is 17.7 Å². The summed E-state index contributed by atoms with van der Waals surface area (Å²) in [5.41, 5.74) is 1.91. The van der Waals surface area contributed by atoms with E-state index in [0.717, 1.165) is 12.1 Å². The van der Waals surface area contributed by atoms with Gasteiger partial charge >= 0.3 is 12.1 Å². The Morgan fingerprint density at radius 2 is 1.89 bits per heavy atom. The zero-order valence-electron chi connectivity index (χ0n) is 14.3. The Kier molecular flexibility index (Phi) is 4.89. The number of halogens is 3. The van der Waals surface area contributed by atoms with E-state index in [1.807, 2.05) is 0 Å². The first kappa shape index (κ1) is 18.5. The minimum absolute atomic E-state index is 0.121. The van der Waals surface area contributed by atoms with Crippen molar-refractivity contribution < 1.29 is 23.1 Å². The molecule has 3 rings (SSSR count). The Balaban J connectivity index is 1.85. The molecule has 1 heterocycles. The molecule has 0 aliphatic heterocycles. The van der Waals surface area contributed by atoms with Crippen LogP contribution in [0.1, 0.15) is 21.5 Å². The molecule has 5 nitrogen and oxygen atoms in total. The van der Waals surface area contributed by atoms with Crippen molar-refractivity contribution in [2.45, 2.75) is 12.7 Å². The number of hydrogen-bond acceptors (Lipinski definition) is 3. The second kappa shape index (κ2) is 7.14. The van der Waals surface area contributed by atoms with Crippen LogP contribution in [-0.2, 0) is 19.8 Å². The Hall–Kier alpha value is -3.29. The van der Waals surface area contributed by atoms with Crippen molar-refractivity contribution in [1.82, 2.24) is 9.55 Å². The summed E-state index contributed by atoms with van der Waals surface area (Å²) in [6, 6.07) is 9.47. The Morgan fingerprint density at radius 1 is 1.19 bits per heavy atom. The molecule has 0 saturated carbocycles. The summed E-state index contributed by atoms with van der Waals surface area (Å²) in [4.78, 5) is 15.5. The fourth-order valence-corrected chi connectivity index (χ4v) is 2.60. The van der Waals surface area contributed by atoms with E-state index in [4.69, 9.17) is 0 Å². The number of aryl methyl sites for hydroxylation is 1. The maximum absolute atomic E-state index is 12.6. The van der Waals surface area contributed by atoms with Crippen LogP contribution >= 0.6 is 0 Å². The van der Waals surface area contributed by atoms with E-state index in [-0.39, 0.29) is 12.1 Å². The summed E-state index contributed by atoms with van der Waals surface area (Å²) >= 11 is 0. The third-order valence-electron chi connectivity index (χ3n) is 4.01. The molecule has 0 fully saturated rings. The molecule has 0 unspecified atom stereocenters. The van der Waals surface area contributed by atoms with Crippen molar-refractivity contribution in [3.05, 3.63) is 71.7 Å². The van der Waals surface area contributed by atoms with E-state index in [2.05, 4.69) is 10.3 Å². The topological polar surface area (TPSA) is 67.2 Å². The lowest BCUT2D eigenvalue weighted by atomic mass is 10.1. The van der Waals surface area contributed by atoms with Gasteiger partial charge in [-0.15, -0.1) is 0 Å². The SMILES string of the molecule is Cn1cnc(-c2cc(C(=O)O)ccc2NCc2ccc(C(F)(F)F)cc2)c1. The Labute approximate surface area is 153 Å². The van der Waals surface area contributed by atoms with Gasteiger partial charge in [0.25, 0.3) is 0 Å². The van der Waals surface area contributed by atoms with E-state index >= 15 is 0 Å². The number of anilines is 1. The summed E-state index contributed by atoms with van der Waals surface area (Å²) in [7, 11) is 1.80. The van der Waals surface area contributed by atoms with Crippen LogP contribution in [-0.4, -0.2) is 20.6 Å². The highest BCUT2D eigenvalue weighted by Crippen LogP contribution is 2.30. The van der Waals surface area contributed by atoms with Crippen LogP contribution in [0.4, 0.5) is 18.9 Å². The van der Waals surface area contributed by atoms with Crippen molar-refractivity contribution in [3.8, 4) is 11.3 Å². The van der Waals surface area contributed by atoms with Crippen LogP contribution in [0, 0.1) is 0 Å². The number of carboxylic acids is 1. The zero-order valence-corrected chi connectivity index (χ0v) is 14.3. The molecule has 1 aromatic heterocycles. The zero-order chi connectivity index (χ0) is 19.6. The normalized spacial score (nSPS) is 11.4. The third kappa shape index (κ3) is 4.28. The third-order valence-corrected chi connectivity index (χ3v) is 4.01. The molecule has 0 aliphatic rings. The molecule has 0 bridgehead atoms. The number of aromatic nitrogens is 2. The monoisotopic (exact) mass is 375 g/mol. The number of nitrogens with zero attached hydrogens (tertiary/aromatic N) is 2. The minimum Gasteiger partial charge on any atom is -0.478 e. The highest BCUT2D eigenvalue weighted by atomic mass is 19.4. The number of hydrogen-bond donors (Lipinski definition) is 2. The summed E-state index contributed by atoms with van der Waals surface area (Å²) < 4.78 is 39.7. The molecule has 0 spiro atoms. The number of aromatic carboxylic acids is 1. The van der Waals surface area contributed by atoms with Crippen molar-refractivity contribution >= 4 is 11.7 Å². The highest BCUT2D eigenvalue weighted by Gasteiger charge is 2.29. The maximum atomic E-state index is 12.6. The first-order valence-electron chi connectivity index (χ1n) is 8.00. The predicted octanol–water partition coefficient (Wildman–Crippen LogP) is 4.42. The molecule has 3 aromatic rings. The second-order valence-electron chi connectivity index (χ2n) is 6.04. The van der Waals surface area contributed by atoms with Crippen molar-refractivity contribution in [3.63, 3.8) is 0 Å². The standard InChI is InChI=1S/C19H16F3N3O2/c1-25-10-17(24-11-25)15-8-13(18(26)27)4-7-16(15)23-9-12-2-5-14(6-3-12)19(20,21)22/h2-8,10-11,23H,9H2,1H3,(H,26,27). The number of alkyl halides is 3. The fraction of sp³-hybridized carbons (Fsp3) is 0.158. The van der Waals surface area contributed by atoms with E-state index in [0.29, 0.717) is 22.5 Å². The van der Waals surface area contributed by atoms with Gasteiger partial charge in [-0.05, 0) is 35.9 Å². The summed E-state index contributed by atoms with van der Waals surface area (Å²) in [5.74, 6) is -1.05. The molecule has 2 aromatic carbocycles. The van der Waals surface area contributed by atoms with Crippen molar-refractivity contribution in [1.29, 1.82) is 0 Å². The van der Waals surface area contributed by atoms with Crippen molar-refractivity contribution in [2.24, 2.45) is 7.05 Å². The largest absolute Gasteiger partial charge is 0.478 e. The Morgan fingerprint density at radius 3 is 2.44 bits per heavy atom. The van der Waals surface area contributed by atoms with Crippen LogP contribution in [0.25, 0.3) is 11.3 Å². The molecule has 0 atom stereocenters. The Bertz CT molecular complexity index is 963. The first-order valence-corrected chi connectivity index (χ1v) is 8.00. The van der Waals surface area contributed by atoms with E-state index in [1.54, 1.807) is 30.2 Å². The number of carbonyl (C=O) groups is 1. The number of nitrogens with one attached hydrogen (secondary N) is 1. The average molecular weight is 375 g/mol. The molecule has 0 amide bonds. The van der Waals surface area contributed by atoms with E-state index in [1.165, 1.54) is 24.3 Å². The van der Waals surface area contributed by atoms with Gasteiger partial charge in [0, 0.05) is 31.0 Å². The second-order valence-corrected chi connectivity index (χ2v) is 6.04. The quantitative estimate of drug-likeness (QED) is 0.693. The number of carboxylic acid groups (broad SMARTS) is 1. The smallest absolute Gasteiger partial charge is 0.416 e. The van der Waals surface area contributed by atoms with Crippen LogP contribution in [0.2, 0.25) is 0 Å². The lowest BCUT2D eigenvalue weighted by Crippen LogP contribution is -2.06. The maximum Gasteiger partial charge on any atom is 0.416 e. The molecular weight excluding hydrogens is 359 g/mol. The van der Waals surface area contributed by atoms with Gasteiger partial charge in [-0.1, -0.05) is 12.1 Å². The summed E-state index contributed by atoms with van der Waals surface area (Å²) in [6.07, 6.45) is -1.02. The minimum atomic E-state index is -4.37. The van der Waals surface area contributed by atoms with Gasteiger partial charge in [0.05, 0.1) is 23.1 Å². The lowest BCUT2D eigenvalue weighted by Gasteiger charge is -2.13. The molecule has 0 saturated heterocycles. The van der Waals surface area contributed by atoms with Crippen molar-refractivity contribution in [2.75, 3.05) is 5.32 Å². The van der Waals surface area contributed by atoms with Gasteiger partial charge in [0.2, 0.25) is 0 Å². The van der Waals surface area contributed by atoms with Gasteiger partial charge in [-0.25, -0.2) is 9.78 Å². The van der Waals surface area contributed by atoms with Gasteiger partial charge in [-0.3, -0.25) is 0 Å². The number of benzene rings is 2. The highest BCUT2D eigenvalue weighted by molar-refractivity contribution is 5.91. The number of rotatable bonds is 5. The fourth-order valence-electron chi connectivity index (χ4n) is 2.60. The molecule has 2 N–H and O–H groups in total. The molecule has 8 heteroatoms. The first-order chi connectivity index (χ1) is 12.7. The van der Waals surface area contributed by atoms with Gasteiger partial charge in [0.1, 0.15) is 0 Å². The van der Waals surface area contributed by atoms with Crippen LogP contribution in [0.15, 0.2) is 55.0 Å². The van der Waals surface area contributed by atoms with E-state index in [9.17, 15) is 23.1 Å². The van der Waals surface area contributed by atoms with Gasteiger partial charge in [0.15, 0.2) is 0 Å². The predicted molar refractivity (Wildman–Crippen MR) is 94.4 cm³/mol. The molecule has 140 valence electrons. The average Bonchev–Trinajstić information content (AvgIpc) is 3.05. The molecular formula is C19H16F3N3O2. The lowest BCUT2D eigenvalue weighted by molar-refractivity contribution is -0.137. The van der Waals surface area contributed by atoms with Crippen LogP contribution < -0.4 is 5.32 Å². The molecule has 0 radical (unpaired) electrons. The summed E-state index contributed by atoms with van der Waals surface area (Å²) in [5, 5.41) is 12.4. The van der Waals surface area contributed by atoms with Crippen LogP contribution in [0.5, 0.6) is 0 Å². The molecule has 0 aliphatic carbocycles. The molecule has 27 heavy (non-hydrogen) atoms. The van der Waals surface area contributed by atoms with Gasteiger partial charge < -0.3 is 15.0 Å². The summed E-state index contributed by atoms with van der Waals surface area (Å²) in [6.45, 7) is 0.282. The van der Waals surface area contributed by atoms with Gasteiger partial charge in [-0.2, -0.15) is 13.2 Å². The van der Waals surface area contributed by atoms with Crippen LogP contribution in [0.3, 0.4) is 0 Å². The number of imidazole rings is 1.